The normalized spacial score (nSPS) is 20.3. The molecule has 0 unspecified atom stereocenters. The van der Waals surface area contributed by atoms with Crippen LogP contribution in [-0.2, 0) is 6.54 Å². The van der Waals surface area contributed by atoms with Crippen LogP contribution in [0, 0.1) is 21.4 Å². The Kier molecular flexibility index (Phi) is 3.23. The van der Waals surface area contributed by atoms with Crippen LogP contribution in [0.1, 0.15) is 31.2 Å². The summed E-state index contributed by atoms with van der Waals surface area (Å²) in [5, 5.41) is 14.8. The van der Waals surface area contributed by atoms with Crippen LogP contribution in [0.5, 0.6) is 0 Å². The third-order valence-electron chi connectivity index (χ3n) is 4.41. The molecular weight excluding hydrogens is 264 g/mol. The number of hydrogen-bond acceptors (Lipinski definition) is 3. The smallest absolute Gasteiger partial charge is 0.275 e. The Balaban J connectivity index is 1.64. The first-order valence-electron chi connectivity index (χ1n) is 6.75. The fourth-order valence-corrected chi connectivity index (χ4v) is 3.15. The second-order valence-electron chi connectivity index (χ2n) is 5.73. The summed E-state index contributed by atoms with van der Waals surface area (Å²) in [7, 11) is 0. The molecule has 0 bridgehead atoms. The molecule has 0 heterocycles. The number of nitro benzene ring substituents is 1. The predicted molar refractivity (Wildman–Crippen MR) is 74.2 cm³/mol. The zero-order chi connectivity index (χ0) is 13.5. The molecule has 0 radical (unpaired) electrons. The Labute approximate surface area is 117 Å². The Morgan fingerprint density at radius 2 is 2.16 bits per heavy atom. The van der Waals surface area contributed by atoms with Gasteiger partial charge in [0.25, 0.3) is 5.69 Å². The summed E-state index contributed by atoms with van der Waals surface area (Å²) in [6, 6.07) is 4.84. The highest BCUT2D eigenvalue weighted by Crippen LogP contribution is 2.60. The zero-order valence-corrected chi connectivity index (χ0v) is 11.4. The molecule has 4 nitrogen and oxygen atoms in total. The molecule has 0 atom stereocenters. The van der Waals surface area contributed by atoms with Crippen molar-refractivity contribution < 1.29 is 4.92 Å². The molecule has 0 amide bonds. The third-order valence-corrected chi connectivity index (χ3v) is 4.76. The highest BCUT2D eigenvalue weighted by molar-refractivity contribution is 6.31. The van der Waals surface area contributed by atoms with Gasteiger partial charge >= 0.3 is 0 Å². The summed E-state index contributed by atoms with van der Waals surface area (Å²) < 4.78 is 0. The lowest BCUT2D eigenvalue weighted by Gasteiger charge is -2.15. The molecule has 1 aromatic rings. The monoisotopic (exact) mass is 280 g/mol. The Morgan fingerprint density at radius 3 is 2.74 bits per heavy atom. The number of nitrogens with one attached hydrogen (secondary N) is 1. The van der Waals surface area contributed by atoms with Crippen molar-refractivity contribution in [3.63, 3.8) is 0 Å². The van der Waals surface area contributed by atoms with Gasteiger partial charge in [-0.15, -0.1) is 0 Å². The molecule has 0 aliphatic heterocycles. The lowest BCUT2D eigenvalue weighted by Crippen LogP contribution is -2.25. The Morgan fingerprint density at radius 1 is 1.42 bits per heavy atom. The van der Waals surface area contributed by atoms with E-state index in [1.165, 1.54) is 31.7 Å². The molecule has 0 aromatic heterocycles. The van der Waals surface area contributed by atoms with Gasteiger partial charge in [0.1, 0.15) is 0 Å². The van der Waals surface area contributed by atoms with E-state index < -0.39 is 0 Å². The second-order valence-corrected chi connectivity index (χ2v) is 6.14. The van der Waals surface area contributed by atoms with E-state index in [2.05, 4.69) is 5.32 Å². The minimum atomic E-state index is -0.364. The van der Waals surface area contributed by atoms with E-state index in [4.69, 9.17) is 11.6 Å². The maximum atomic E-state index is 11.0. The van der Waals surface area contributed by atoms with Crippen molar-refractivity contribution in [3.05, 3.63) is 38.9 Å². The Hall–Kier alpha value is -1.13. The highest BCUT2D eigenvalue weighted by atomic mass is 35.5. The first-order valence-corrected chi connectivity index (χ1v) is 7.13. The summed E-state index contributed by atoms with van der Waals surface area (Å²) in [6.45, 7) is 1.44. The largest absolute Gasteiger partial charge is 0.312 e. The average Bonchev–Trinajstić information content (AvgIpc) is 3.24. The molecular formula is C14H17ClN2O2. The molecule has 2 aliphatic rings. The third kappa shape index (κ3) is 2.60. The number of nitrogens with zero attached hydrogens (tertiary/aromatic N) is 1. The minimum absolute atomic E-state index is 0.108. The number of nitro groups is 1. The van der Waals surface area contributed by atoms with Crippen LogP contribution in [0.15, 0.2) is 18.2 Å². The molecule has 1 N–H and O–H groups in total. The fraction of sp³-hybridized carbons (Fsp3) is 0.571. The van der Waals surface area contributed by atoms with E-state index in [0.717, 1.165) is 12.5 Å². The number of benzene rings is 1. The molecule has 102 valence electrons. The van der Waals surface area contributed by atoms with Crippen molar-refractivity contribution in [1.29, 1.82) is 0 Å². The van der Waals surface area contributed by atoms with Crippen LogP contribution in [0.2, 0.25) is 5.02 Å². The summed E-state index contributed by atoms with van der Waals surface area (Å²) in [5.74, 6) is 0.890. The average molecular weight is 281 g/mol. The standard InChI is InChI=1S/C14H17ClN2O2/c15-12-2-1-3-13(17(18)19)11(12)8-16-9-14(6-7-14)10-4-5-10/h1-3,10,16H,4-9H2. The lowest BCUT2D eigenvalue weighted by molar-refractivity contribution is -0.385. The van der Waals surface area contributed by atoms with Crippen LogP contribution in [0.4, 0.5) is 5.69 Å². The summed E-state index contributed by atoms with van der Waals surface area (Å²) in [6.07, 6.45) is 5.31. The molecule has 2 aliphatic carbocycles. The molecule has 3 rings (SSSR count). The van der Waals surface area contributed by atoms with Gasteiger partial charge in [0.15, 0.2) is 0 Å². The van der Waals surface area contributed by atoms with E-state index in [0.29, 0.717) is 22.5 Å². The van der Waals surface area contributed by atoms with Gasteiger partial charge in [-0.2, -0.15) is 0 Å². The first kappa shape index (κ1) is 12.9. The van der Waals surface area contributed by atoms with Gasteiger partial charge in [0.2, 0.25) is 0 Å². The summed E-state index contributed by atoms with van der Waals surface area (Å²) >= 11 is 6.07. The van der Waals surface area contributed by atoms with Crippen molar-refractivity contribution in [3.8, 4) is 0 Å². The quantitative estimate of drug-likeness (QED) is 0.641. The van der Waals surface area contributed by atoms with Crippen molar-refractivity contribution in [2.45, 2.75) is 32.2 Å². The molecule has 2 saturated carbocycles. The fourth-order valence-electron chi connectivity index (χ4n) is 2.92. The van der Waals surface area contributed by atoms with Crippen LogP contribution in [0.25, 0.3) is 0 Å². The molecule has 0 spiro atoms. The number of rotatable bonds is 6. The van der Waals surface area contributed by atoms with Gasteiger partial charge in [-0.3, -0.25) is 10.1 Å². The molecule has 5 heteroatoms. The van der Waals surface area contributed by atoms with Gasteiger partial charge in [-0.05, 0) is 43.1 Å². The topological polar surface area (TPSA) is 55.2 Å². The van der Waals surface area contributed by atoms with Crippen molar-refractivity contribution in [2.75, 3.05) is 6.54 Å². The van der Waals surface area contributed by atoms with Gasteiger partial charge in [-0.1, -0.05) is 17.7 Å². The summed E-state index contributed by atoms with van der Waals surface area (Å²) in [4.78, 5) is 10.6. The molecule has 0 saturated heterocycles. The summed E-state index contributed by atoms with van der Waals surface area (Å²) in [5.41, 5.74) is 1.20. The van der Waals surface area contributed by atoms with Gasteiger partial charge < -0.3 is 5.32 Å². The van der Waals surface area contributed by atoms with E-state index in [1.807, 2.05) is 0 Å². The minimum Gasteiger partial charge on any atom is -0.312 e. The van der Waals surface area contributed by atoms with Crippen LogP contribution >= 0.6 is 11.6 Å². The maximum Gasteiger partial charge on any atom is 0.275 e. The van der Waals surface area contributed by atoms with Crippen LogP contribution < -0.4 is 5.32 Å². The van der Waals surface area contributed by atoms with Crippen molar-refractivity contribution in [2.24, 2.45) is 11.3 Å². The number of hydrogen-bond donors (Lipinski definition) is 1. The first-order chi connectivity index (χ1) is 9.12. The Bertz CT molecular complexity index is 510. The molecule has 2 fully saturated rings. The highest BCUT2D eigenvalue weighted by Gasteiger charge is 2.53. The SMILES string of the molecule is O=[N+]([O-])c1cccc(Cl)c1CNCC1(C2CC2)CC1. The number of halogens is 1. The zero-order valence-electron chi connectivity index (χ0n) is 10.7. The van der Waals surface area contributed by atoms with Crippen LogP contribution in [0.3, 0.4) is 0 Å². The van der Waals surface area contributed by atoms with E-state index in [9.17, 15) is 10.1 Å². The van der Waals surface area contributed by atoms with E-state index in [-0.39, 0.29) is 10.6 Å². The predicted octanol–water partition coefficient (Wildman–Crippen LogP) is 3.53. The van der Waals surface area contributed by atoms with Gasteiger partial charge in [-0.25, -0.2) is 0 Å². The second kappa shape index (κ2) is 4.76. The molecule has 1 aromatic carbocycles. The van der Waals surface area contributed by atoms with E-state index in [1.54, 1.807) is 12.1 Å². The van der Waals surface area contributed by atoms with Crippen LogP contribution in [-0.4, -0.2) is 11.5 Å². The van der Waals surface area contributed by atoms with Crippen molar-refractivity contribution >= 4 is 17.3 Å². The van der Waals surface area contributed by atoms with Gasteiger partial charge in [0.05, 0.1) is 15.5 Å². The maximum absolute atomic E-state index is 11.0. The molecule has 19 heavy (non-hydrogen) atoms. The van der Waals surface area contributed by atoms with Gasteiger partial charge in [0, 0.05) is 19.2 Å². The lowest BCUT2D eigenvalue weighted by atomic mass is 10.0. The van der Waals surface area contributed by atoms with E-state index >= 15 is 0 Å². The van der Waals surface area contributed by atoms with Crippen molar-refractivity contribution in [1.82, 2.24) is 5.32 Å².